The SMILES string of the molecule is CCCCOC1=CC(C=O)C2=COC=CC2=C1. The topological polar surface area (TPSA) is 35.5 Å². The molecule has 1 aliphatic carbocycles. The van der Waals surface area contributed by atoms with Crippen LogP contribution in [-0.4, -0.2) is 12.9 Å². The van der Waals surface area contributed by atoms with E-state index in [9.17, 15) is 4.79 Å². The fourth-order valence-corrected chi connectivity index (χ4v) is 1.80. The Bertz CT molecular complexity index is 413. The Labute approximate surface area is 101 Å². The monoisotopic (exact) mass is 232 g/mol. The summed E-state index contributed by atoms with van der Waals surface area (Å²) >= 11 is 0. The lowest BCUT2D eigenvalue weighted by molar-refractivity contribution is -0.109. The zero-order valence-electron chi connectivity index (χ0n) is 9.89. The average molecular weight is 232 g/mol. The number of carbonyl (C=O) groups is 1. The van der Waals surface area contributed by atoms with Crippen molar-refractivity contribution in [2.75, 3.05) is 6.61 Å². The van der Waals surface area contributed by atoms with Gasteiger partial charge in [0.25, 0.3) is 0 Å². The first-order valence-corrected chi connectivity index (χ1v) is 5.89. The molecule has 0 spiro atoms. The fourth-order valence-electron chi connectivity index (χ4n) is 1.80. The largest absolute Gasteiger partial charge is 0.494 e. The van der Waals surface area contributed by atoms with Gasteiger partial charge >= 0.3 is 0 Å². The number of hydrogen-bond acceptors (Lipinski definition) is 3. The highest BCUT2D eigenvalue weighted by molar-refractivity contribution is 5.69. The molecule has 0 saturated carbocycles. The lowest BCUT2D eigenvalue weighted by Crippen LogP contribution is -2.13. The van der Waals surface area contributed by atoms with Gasteiger partial charge < -0.3 is 14.3 Å². The van der Waals surface area contributed by atoms with Crippen LogP contribution in [0.15, 0.2) is 47.7 Å². The molecule has 0 aromatic heterocycles. The second-order valence-corrected chi connectivity index (χ2v) is 4.04. The lowest BCUT2D eigenvalue weighted by Gasteiger charge is -2.21. The number of ether oxygens (including phenoxy) is 2. The van der Waals surface area contributed by atoms with Gasteiger partial charge in [-0.25, -0.2) is 0 Å². The van der Waals surface area contributed by atoms with E-state index in [0.717, 1.165) is 36.0 Å². The molecule has 3 nitrogen and oxygen atoms in total. The summed E-state index contributed by atoms with van der Waals surface area (Å²) in [5.41, 5.74) is 1.88. The molecule has 1 heterocycles. The summed E-state index contributed by atoms with van der Waals surface area (Å²) < 4.78 is 10.7. The second-order valence-electron chi connectivity index (χ2n) is 4.04. The van der Waals surface area contributed by atoms with Gasteiger partial charge in [0.05, 0.1) is 25.0 Å². The highest BCUT2D eigenvalue weighted by atomic mass is 16.5. The maximum absolute atomic E-state index is 11.0. The molecule has 3 heteroatoms. The van der Waals surface area contributed by atoms with Crippen LogP contribution in [0.5, 0.6) is 0 Å². The van der Waals surface area contributed by atoms with Crippen LogP contribution in [0.2, 0.25) is 0 Å². The van der Waals surface area contributed by atoms with Crippen molar-refractivity contribution < 1.29 is 14.3 Å². The Kier molecular flexibility index (Phi) is 3.81. The van der Waals surface area contributed by atoms with Crippen molar-refractivity contribution in [3.63, 3.8) is 0 Å². The summed E-state index contributed by atoms with van der Waals surface area (Å²) in [7, 11) is 0. The Morgan fingerprint density at radius 1 is 1.53 bits per heavy atom. The van der Waals surface area contributed by atoms with Gasteiger partial charge in [-0.2, -0.15) is 0 Å². The third-order valence-corrected chi connectivity index (χ3v) is 2.77. The quantitative estimate of drug-likeness (QED) is 0.540. The van der Waals surface area contributed by atoms with E-state index in [1.54, 1.807) is 12.5 Å². The smallest absolute Gasteiger partial charge is 0.131 e. The van der Waals surface area contributed by atoms with Crippen molar-refractivity contribution in [1.82, 2.24) is 0 Å². The van der Waals surface area contributed by atoms with Gasteiger partial charge in [-0.1, -0.05) is 13.3 Å². The number of allylic oxidation sites excluding steroid dienone is 5. The number of rotatable bonds is 5. The van der Waals surface area contributed by atoms with E-state index in [0.29, 0.717) is 6.61 Å². The van der Waals surface area contributed by atoms with Gasteiger partial charge in [-0.3, -0.25) is 0 Å². The van der Waals surface area contributed by atoms with Crippen LogP contribution in [0, 0.1) is 5.92 Å². The van der Waals surface area contributed by atoms with Crippen molar-refractivity contribution in [3.8, 4) is 0 Å². The fraction of sp³-hybridized carbons (Fsp3) is 0.357. The van der Waals surface area contributed by atoms with Crippen LogP contribution < -0.4 is 0 Å². The Balaban J connectivity index is 2.12. The molecule has 0 N–H and O–H groups in total. The predicted octanol–water partition coefficient (Wildman–Crippen LogP) is 2.87. The van der Waals surface area contributed by atoms with Gasteiger partial charge in [-0.15, -0.1) is 0 Å². The maximum atomic E-state index is 11.0. The molecule has 1 aliphatic heterocycles. The second kappa shape index (κ2) is 5.53. The molecule has 1 unspecified atom stereocenters. The van der Waals surface area contributed by atoms with Crippen LogP contribution in [0.1, 0.15) is 19.8 Å². The van der Waals surface area contributed by atoms with Crippen LogP contribution in [0.3, 0.4) is 0 Å². The summed E-state index contributed by atoms with van der Waals surface area (Å²) in [4.78, 5) is 11.0. The lowest BCUT2D eigenvalue weighted by atomic mass is 9.88. The molecule has 0 aromatic carbocycles. The first-order valence-electron chi connectivity index (χ1n) is 5.89. The van der Waals surface area contributed by atoms with E-state index in [1.165, 1.54) is 0 Å². The van der Waals surface area contributed by atoms with Gasteiger partial charge in [0.2, 0.25) is 0 Å². The van der Waals surface area contributed by atoms with E-state index in [4.69, 9.17) is 9.47 Å². The van der Waals surface area contributed by atoms with E-state index in [2.05, 4.69) is 6.92 Å². The van der Waals surface area contributed by atoms with Crippen LogP contribution >= 0.6 is 0 Å². The zero-order valence-corrected chi connectivity index (χ0v) is 9.89. The van der Waals surface area contributed by atoms with Crippen LogP contribution in [0.4, 0.5) is 0 Å². The van der Waals surface area contributed by atoms with Gasteiger partial charge in [0.1, 0.15) is 12.0 Å². The summed E-state index contributed by atoms with van der Waals surface area (Å²) in [6.07, 6.45) is 11.9. The van der Waals surface area contributed by atoms with E-state index < -0.39 is 0 Å². The van der Waals surface area contributed by atoms with Crippen molar-refractivity contribution in [2.45, 2.75) is 19.8 Å². The molecule has 0 bridgehead atoms. The average Bonchev–Trinajstić information content (AvgIpc) is 2.38. The molecule has 0 amide bonds. The van der Waals surface area contributed by atoms with Crippen molar-refractivity contribution >= 4 is 6.29 Å². The highest BCUT2D eigenvalue weighted by Gasteiger charge is 2.22. The first-order chi connectivity index (χ1) is 8.35. The summed E-state index contributed by atoms with van der Waals surface area (Å²) in [6.45, 7) is 2.81. The van der Waals surface area contributed by atoms with Crippen LogP contribution in [-0.2, 0) is 14.3 Å². The Hall–Kier alpha value is -1.77. The molecule has 17 heavy (non-hydrogen) atoms. The third kappa shape index (κ3) is 2.67. The van der Waals surface area contributed by atoms with Gasteiger partial charge in [0.15, 0.2) is 0 Å². The molecule has 2 aliphatic rings. The van der Waals surface area contributed by atoms with Crippen molar-refractivity contribution in [1.29, 1.82) is 0 Å². The maximum Gasteiger partial charge on any atom is 0.131 e. The van der Waals surface area contributed by atoms with Crippen molar-refractivity contribution in [3.05, 3.63) is 47.7 Å². The number of unbranched alkanes of at least 4 members (excludes halogenated alkanes) is 1. The molecule has 2 rings (SSSR count). The molecule has 0 saturated heterocycles. The number of carbonyl (C=O) groups excluding carboxylic acids is 1. The van der Waals surface area contributed by atoms with E-state index >= 15 is 0 Å². The van der Waals surface area contributed by atoms with Gasteiger partial charge in [-0.05, 0) is 30.2 Å². The molecule has 90 valence electrons. The number of hydrogen-bond donors (Lipinski definition) is 0. The molecular formula is C14H16O3. The molecule has 0 fully saturated rings. The van der Waals surface area contributed by atoms with E-state index in [-0.39, 0.29) is 5.92 Å². The third-order valence-electron chi connectivity index (χ3n) is 2.77. The Morgan fingerprint density at radius 3 is 3.18 bits per heavy atom. The summed E-state index contributed by atoms with van der Waals surface area (Å²) in [5, 5.41) is 0. The highest BCUT2D eigenvalue weighted by Crippen LogP contribution is 2.31. The number of fused-ring (bicyclic) bond motifs is 1. The van der Waals surface area contributed by atoms with Gasteiger partial charge in [0, 0.05) is 5.57 Å². The molecule has 0 aromatic rings. The first kappa shape index (κ1) is 11.7. The molecule has 0 radical (unpaired) electrons. The predicted molar refractivity (Wildman–Crippen MR) is 64.9 cm³/mol. The number of aldehydes is 1. The summed E-state index contributed by atoms with van der Waals surface area (Å²) in [5.74, 6) is 0.505. The minimum atomic E-state index is -0.267. The standard InChI is InChI=1S/C14H16O3/c1-2-3-5-17-13-7-11-4-6-16-10-14(11)12(8-13)9-15/h4,6-10,12H,2-3,5H2,1H3. The van der Waals surface area contributed by atoms with Crippen LogP contribution in [0.25, 0.3) is 0 Å². The normalized spacial score (nSPS) is 21.7. The zero-order chi connectivity index (χ0) is 12.1. The Morgan fingerprint density at radius 2 is 2.41 bits per heavy atom. The molecule has 1 atom stereocenters. The van der Waals surface area contributed by atoms with Crippen molar-refractivity contribution in [2.24, 2.45) is 5.92 Å². The molecular weight excluding hydrogens is 216 g/mol. The summed E-state index contributed by atoms with van der Waals surface area (Å²) in [6, 6.07) is 0. The minimum Gasteiger partial charge on any atom is -0.494 e. The minimum absolute atomic E-state index is 0.267. The van der Waals surface area contributed by atoms with E-state index in [1.807, 2.05) is 18.2 Å².